The van der Waals surface area contributed by atoms with E-state index in [0.29, 0.717) is 24.9 Å². The summed E-state index contributed by atoms with van der Waals surface area (Å²) in [6.07, 6.45) is 1.62. The second kappa shape index (κ2) is 9.19. The largest absolute Gasteiger partial charge is 0.465 e. The van der Waals surface area contributed by atoms with Gasteiger partial charge < -0.3 is 20.9 Å². The monoisotopic (exact) mass is 520 g/mol. The van der Waals surface area contributed by atoms with E-state index < -0.39 is 46.7 Å². The molecule has 14 heteroatoms. The van der Waals surface area contributed by atoms with E-state index in [-0.39, 0.29) is 40.6 Å². The Bertz CT molecular complexity index is 1520. The van der Waals surface area contributed by atoms with Gasteiger partial charge in [0.1, 0.15) is 29.4 Å². The Morgan fingerprint density at radius 3 is 2.46 bits per heavy atom. The molecule has 9 nitrogen and oxygen atoms in total. The van der Waals surface area contributed by atoms with Crippen molar-refractivity contribution in [1.82, 2.24) is 25.1 Å². The number of fused-ring (bicyclic) bond motifs is 1. The molecule has 2 heterocycles. The van der Waals surface area contributed by atoms with Crippen molar-refractivity contribution in [1.29, 1.82) is 0 Å². The third-order valence-corrected chi connectivity index (χ3v) is 6.08. The van der Waals surface area contributed by atoms with Crippen LogP contribution in [0, 0.1) is 29.1 Å². The van der Waals surface area contributed by atoms with Crippen LogP contribution in [0.4, 0.5) is 32.6 Å². The molecule has 4 N–H and O–H groups in total. The second-order valence-electron chi connectivity index (χ2n) is 8.40. The summed E-state index contributed by atoms with van der Waals surface area (Å²) >= 11 is 0. The normalized spacial score (nSPS) is 17.3. The maximum absolute atomic E-state index is 15.2. The molecule has 0 saturated heterocycles. The van der Waals surface area contributed by atoms with Crippen LogP contribution in [0.1, 0.15) is 25.3 Å². The third-order valence-electron chi connectivity index (χ3n) is 6.08. The maximum Gasteiger partial charge on any atom is 0.404 e. The van der Waals surface area contributed by atoms with Gasteiger partial charge in [-0.3, -0.25) is 0 Å². The highest BCUT2D eigenvalue weighted by Gasteiger charge is 2.31. The fourth-order valence-electron chi connectivity index (χ4n) is 4.43. The predicted octanol–water partition coefficient (Wildman–Crippen LogP) is 4.92. The number of carboxylic acid groups (broad SMARTS) is 1. The van der Waals surface area contributed by atoms with Gasteiger partial charge in [0.2, 0.25) is 17.4 Å². The molecule has 1 amide bonds. The first-order chi connectivity index (χ1) is 17.6. The third kappa shape index (κ3) is 4.34. The molecule has 1 aliphatic carbocycles. The minimum absolute atomic E-state index is 0.0172. The number of ether oxygens (including phenoxy) is 1. The van der Waals surface area contributed by atoms with E-state index in [1.165, 1.54) is 17.1 Å². The summed E-state index contributed by atoms with van der Waals surface area (Å²) in [5.41, 5.74) is 6.34. The van der Waals surface area contributed by atoms with Crippen molar-refractivity contribution in [2.75, 3.05) is 5.73 Å². The van der Waals surface area contributed by atoms with Gasteiger partial charge in [0.25, 0.3) is 0 Å². The topological polar surface area (TPSA) is 128 Å². The number of halogens is 5. The Morgan fingerprint density at radius 2 is 1.78 bits per heavy atom. The van der Waals surface area contributed by atoms with Crippen molar-refractivity contribution in [3.63, 3.8) is 0 Å². The number of hydrogen-bond donors (Lipinski definition) is 3. The first kappa shape index (κ1) is 24.2. The van der Waals surface area contributed by atoms with Crippen LogP contribution in [0.3, 0.4) is 0 Å². The molecule has 0 radical (unpaired) electrons. The summed E-state index contributed by atoms with van der Waals surface area (Å²) in [5.74, 6) is -9.61. The number of benzene rings is 2. The van der Waals surface area contributed by atoms with Crippen LogP contribution in [0.5, 0.6) is 11.5 Å². The van der Waals surface area contributed by atoms with Gasteiger partial charge >= 0.3 is 6.09 Å². The van der Waals surface area contributed by atoms with E-state index in [1.54, 1.807) is 0 Å². The standard InChI is InChI=1S/C23H17F5N6O3/c24-13-6-11(37-20-17(27)14(25)7-15(26)18(20)28)3-4-12(13)19-16-21(29)30-8-31-22(16)34(33-19)10-2-1-9(5-10)32-23(35)36/h3-4,6-10,32H,1-2,5H2,(H,35,36)(H2,29,30,31)/t9-,10+/m0/s1. The Labute approximate surface area is 204 Å². The van der Waals surface area contributed by atoms with Crippen LogP contribution >= 0.6 is 0 Å². The molecule has 0 aliphatic heterocycles. The van der Waals surface area contributed by atoms with E-state index in [0.717, 1.165) is 12.1 Å². The molecule has 1 aliphatic rings. The zero-order valence-electron chi connectivity index (χ0n) is 18.7. The Hall–Kier alpha value is -4.49. The lowest BCUT2D eigenvalue weighted by Crippen LogP contribution is -2.31. The summed E-state index contributed by atoms with van der Waals surface area (Å²) in [5, 5.41) is 16.2. The van der Waals surface area contributed by atoms with Gasteiger partial charge in [-0.15, -0.1) is 0 Å². The summed E-state index contributed by atoms with van der Waals surface area (Å²) < 4.78 is 76.6. The van der Waals surface area contributed by atoms with Crippen molar-refractivity contribution >= 4 is 22.9 Å². The molecule has 2 aromatic carbocycles. The van der Waals surface area contributed by atoms with Gasteiger partial charge in [-0.2, -0.15) is 13.9 Å². The molecule has 0 unspecified atom stereocenters. The van der Waals surface area contributed by atoms with Gasteiger partial charge in [-0.1, -0.05) is 0 Å². The van der Waals surface area contributed by atoms with Crippen LogP contribution in [-0.4, -0.2) is 37.0 Å². The average Bonchev–Trinajstić information content (AvgIpc) is 3.45. The predicted molar refractivity (Wildman–Crippen MR) is 119 cm³/mol. The number of nitrogen functional groups attached to an aromatic ring is 1. The highest BCUT2D eigenvalue weighted by Crippen LogP contribution is 2.39. The van der Waals surface area contributed by atoms with Gasteiger partial charge in [-0.05, 0) is 31.4 Å². The Kier molecular flexibility index (Phi) is 6.01. The van der Waals surface area contributed by atoms with Gasteiger partial charge in [0, 0.05) is 23.7 Å². The van der Waals surface area contributed by atoms with Crippen LogP contribution in [0.2, 0.25) is 0 Å². The number of nitrogens with two attached hydrogens (primary N) is 1. The number of aromatic nitrogens is 4. The number of nitrogens with one attached hydrogen (secondary N) is 1. The first-order valence-corrected chi connectivity index (χ1v) is 10.9. The van der Waals surface area contributed by atoms with Crippen molar-refractivity contribution in [2.45, 2.75) is 31.3 Å². The van der Waals surface area contributed by atoms with Crippen LogP contribution in [0.25, 0.3) is 22.3 Å². The Balaban J connectivity index is 1.52. The zero-order chi connectivity index (χ0) is 26.4. The highest BCUT2D eigenvalue weighted by atomic mass is 19.2. The van der Waals surface area contributed by atoms with Crippen LogP contribution < -0.4 is 15.8 Å². The van der Waals surface area contributed by atoms with Gasteiger partial charge in [-0.25, -0.2) is 32.6 Å². The van der Waals surface area contributed by atoms with E-state index in [9.17, 15) is 22.4 Å². The van der Waals surface area contributed by atoms with Crippen molar-refractivity contribution < 1.29 is 36.6 Å². The molecule has 4 aromatic rings. The van der Waals surface area contributed by atoms with E-state index in [4.69, 9.17) is 15.6 Å². The van der Waals surface area contributed by atoms with E-state index >= 15 is 4.39 Å². The summed E-state index contributed by atoms with van der Waals surface area (Å²) in [7, 11) is 0. The number of nitrogens with zero attached hydrogens (tertiary/aromatic N) is 4. The summed E-state index contributed by atoms with van der Waals surface area (Å²) in [6, 6.07) is 2.56. The second-order valence-corrected chi connectivity index (χ2v) is 8.40. The maximum atomic E-state index is 15.2. The Morgan fingerprint density at radius 1 is 1.05 bits per heavy atom. The number of amides is 1. The molecule has 0 spiro atoms. The van der Waals surface area contributed by atoms with E-state index in [1.807, 2.05) is 0 Å². The molecule has 37 heavy (non-hydrogen) atoms. The first-order valence-electron chi connectivity index (χ1n) is 10.9. The quantitative estimate of drug-likeness (QED) is 0.252. The fourth-order valence-corrected chi connectivity index (χ4v) is 4.43. The number of hydrogen-bond acceptors (Lipinski definition) is 6. The van der Waals surface area contributed by atoms with E-state index in [2.05, 4.69) is 20.4 Å². The lowest BCUT2D eigenvalue weighted by atomic mass is 10.1. The number of rotatable bonds is 5. The molecule has 1 fully saturated rings. The molecule has 5 rings (SSSR count). The molecule has 192 valence electrons. The lowest BCUT2D eigenvalue weighted by molar-refractivity contribution is 0.189. The summed E-state index contributed by atoms with van der Waals surface area (Å²) in [6.45, 7) is 0. The minimum Gasteiger partial charge on any atom is -0.465 e. The molecule has 1 saturated carbocycles. The SMILES string of the molecule is Nc1ncnc2c1c(-c1ccc(Oc3c(F)c(F)cc(F)c3F)cc1F)nn2[C@@H]1CC[C@H](NC(=O)O)C1. The number of anilines is 1. The molecule has 0 bridgehead atoms. The molecule has 2 aromatic heterocycles. The highest BCUT2D eigenvalue weighted by molar-refractivity contribution is 5.98. The molecular formula is C23H17F5N6O3. The molecule has 2 atom stereocenters. The number of carbonyl (C=O) groups is 1. The molecular weight excluding hydrogens is 503 g/mol. The van der Waals surface area contributed by atoms with Crippen molar-refractivity contribution in [2.24, 2.45) is 0 Å². The van der Waals surface area contributed by atoms with Gasteiger partial charge in [0.15, 0.2) is 17.3 Å². The smallest absolute Gasteiger partial charge is 0.404 e. The minimum atomic E-state index is -1.77. The van der Waals surface area contributed by atoms with Crippen molar-refractivity contribution in [3.8, 4) is 22.8 Å². The average molecular weight is 520 g/mol. The zero-order valence-corrected chi connectivity index (χ0v) is 18.7. The lowest BCUT2D eigenvalue weighted by Gasteiger charge is -2.12. The van der Waals surface area contributed by atoms with Gasteiger partial charge in [0.05, 0.1) is 11.4 Å². The van der Waals surface area contributed by atoms with Crippen LogP contribution in [-0.2, 0) is 0 Å². The van der Waals surface area contributed by atoms with Crippen LogP contribution in [0.15, 0.2) is 30.6 Å². The van der Waals surface area contributed by atoms with Crippen molar-refractivity contribution in [3.05, 3.63) is 59.7 Å². The fraction of sp³-hybridized carbons (Fsp3) is 0.217. The summed E-state index contributed by atoms with van der Waals surface area (Å²) in [4.78, 5) is 19.2.